The van der Waals surface area contributed by atoms with Gasteiger partial charge in [0, 0.05) is 5.92 Å². The summed E-state index contributed by atoms with van der Waals surface area (Å²) in [6, 6.07) is 9.79. The van der Waals surface area contributed by atoms with Crippen LogP contribution in [-0.2, 0) is 4.79 Å². The van der Waals surface area contributed by atoms with Gasteiger partial charge in [-0.3, -0.25) is 4.79 Å². The zero-order chi connectivity index (χ0) is 9.42. The molecule has 13 heavy (non-hydrogen) atoms. The molecule has 0 heterocycles. The largest absolute Gasteiger partial charge is 0.293 e. The second kappa shape index (κ2) is 3.00. The van der Waals surface area contributed by atoms with Gasteiger partial charge in [-0.25, -0.2) is 0 Å². The first-order chi connectivity index (χ1) is 6.22. The molecule has 0 radical (unpaired) electrons. The van der Waals surface area contributed by atoms with Crippen molar-refractivity contribution in [3.63, 3.8) is 0 Å². The Hall–Kier alpha value is -1.08. The molecule has 1 aromatic carbocycles. The van der Waals surface area contributed by atoms with Gasteiger partial charge in [0.05, 0.1) is 5.03 Å². The number of Topliss-reactive ketones (excluding diaryl/α,β-unsaturated/α-hetero) is 1. The van der Waals surface area contributed by atoms with E-state index < -0.39 is 0 Å². The fraction of sp³-hybridized carbons (Fsp3) is 0.182. The highest BCUT2D eigenvalue weighted by Crippen LogP contribution is 2.40. The maximum atomic E-state index is 11.2. The van der Waals surface area contributed by atoms with E-state index in [0.29, 0.717) is 5.03 Å². The lowest BCUT2D eigenvalue weighted by atomic mass is 9.80. The molecule has 0 aliphatic heterocycles. The highest BCUT2D eigenvalue weighted by Gasteiger charge is 2.34. The summed E-state index contributed by atoms with van der Waals surface area (Å²) in [5.41, 5.74) is 2.03. The van der Waals surface area contributed by atoms with Gasteiger partial charge >= 0.3 is 0 Å². The summed E-state index contributed by atoms with van der Waals surface area (Å²) in [5, 5.41) is 0.402. The predicted molar refractivity (Wildman–Crippen MR) is 53.4 cm³/mol. The van der Waals surface area contributed by atoms with E-state index >= 15 is 0 Å². The Morgan fingerprint density at radius 1 is 1.23 bits per heavy atom. The maximum Gasteiger partial charge on any atom is 0.181 e. The number of allylic oxidation sites excluding steroid dienone is 2. The van der Waals surface area contributed by atoms with Crippen molar-refractivity contribution < 1.29 is 4.79 Å². The summed E-state index contributed by atoms with van der Waals surface area (Å²) in [7, 11) is 0. The number of carbonyl (C=O) groups excluding carboxylic acids is 1. The molecule has 0 bridgehead atoms. The van der Waals surface area contributed by atoms with E-state index in [0.717, 1.165) is 11.1 Å². The van der Waals surface area contributed by atoms with Crippen LogP contribution < -0.4 is 0 Å². The number of hydrogen-bond acceptors (Lipinski definition) is 1. The topological polar surface area (TPSA) is 17.1 Å². The quantitative estimate of drug-likeness (QED) is 0.669. The van der Waals surface area contributed by atoms with E-state index in [9.17, 15) is 4.79 Å². The summed E-state index contributed by atoms with van der Waals surface area (Å²) in [6.07, 6.45) is 0. The Labute approximate surface area is 82.0 Å². The minimum absolute atomic E-state index is 0.0325. The van der Waals surface area contributed by atoms with Crippen LogP contribution >= 0.6 is 11.6 Å². The molecule has 1 atom stereocenters. The molecule has 0 spiro atoms. The highest BCUT2D eigenvalue weighted by molar-refractivity contribution is 6.51. The number of ketones is 1. The summed E-state index contributed by atoms with van der Waals surface area (Å²) in [6.45, 7) is 1.89. The third-order valence-corrected chi connectivity index (χ3v) is 2.75. The molecule has 0 N–H and O–H groups in total. The lowest BCUT2D eigenvalue weighted by molar-refractivity contribution is -0.118. The van der Waals surface area contributed by atoms with Crippen molar-refractivity contribution in [3.8, 4) is 0 Å². The van der Waals surface area contributed by atoms with Crippen LogP contribution in [0.15, 0.2) is 35.4 Å². The standard InChI is InChI=1S/C11H9ClO/c1-7-9(10(12)11(7)13)8-5-3-2-4-6-8/h2-7H,1H3. The Morgan fingerprint density at radius 2 is 1.85 bits per heavy atom. The molecular weight excluding hydrogens is 184 g/mol. The number of rotatable bonds is 1. The van der Waals surface area contributed by atoms with Crippen LogP contribution in [0.5, 0.6) is 0 Å². The summed E-state index contributed by atoms with van der Waals surface area (Å²) < 4.78 is 0. The normalized spacial score (nSPS) is 21.7. The van der Waals surface area contributed by atoms with Crippen LogP contribution in [-0.4, -0.2) is 5.78 Å². The highest BCUT2D eigenvalue weighted by atomic mass is 35.5. The van der Waals surface area contributed by atoms with Gasteiger partial charge in [0.2, 0.25) is 0 Å². The Kier molecular flexibility index (Phi) is 1.97. The average molecular weight is 193 g/mol. The van der Waals surface area contributed by atoms with E-state index in [1.807, 2.05) is 37.3 Å². The monoisotopic (exact) mass is 192 g/mol. The minimum atomic E-state index is -0.0325. The Morgan fingerprint density at radius 3 is 2.38 bits per heavy atom. The fourth-order valence-corrected chi connectivity index (χ4v) is 2.00. The van der Waals surface area contributed by atoms with Crippen molar-refractivity contribution >= 4 is 23.0 Å². The molecule has 1 aromatic rings. The van der Waals surface area contributed by atoms with Gasteiger partial charge in [-0.1, -0.05) is 48.9 Å². The lowest BCUT2D eigenvalue weighted by Crippen LogP contribution is -2.24. The van der Waals surface area contributed by atoms with E-state index in [1.54, 1.807) is 0 Å². The molecule has 0 amide bonds. The summed E-state index contributed by atoms with van der Waals surface area (Å²) in [5.74, 6) is 0.0235. The van der Waals surface area contributed by atoms with Crippen LogP contribution in [0.25, 0.3) is 5.57 Å². The Bertz CT molecular complexity index is 378. The first kappa shape index (κ1) is 8.52. The van der Waals surface area contributed by atoms with Gasteiger partial charge in [0.1, 0.15) is 0 Å². The zero-order valence-corrected chi connectivity index (χ0v) is 8.01. The molecule has 66 valence electrons. The molecule has 1 aliphatic rings. The molecule has 0 fully saturated rings. The van der Waals surface area contributed by atoms with Crippen molar-refractivity contribution in [2.75, 3.05) is 0 Å². The fourth-order valence-electron chi connectivity index (χ4n) is 1.56. The molecular formula is C11H9ClO. The Balaban J connectivity index is 2.45. The van der Waals surface area contributed by atoms with Crippen LogP contribution in [0.2, 0.25) is 0 Å². The number of halogens is 1. The van der Waals surface area contributed by atoms with Crippen molar-refractivity contribution in [2.45, 2.75) is 6.92 Å². The number of hydrogen-bond donors (Lipinski definition) is 0. The minimum Gasteiger partial charge on any atom is -0.293 e. The van der Waals surface area contributed by atoms with Gasteiger partial charge in [-0.2, -0.15) is 0 Å². The second-order valence-electron chi connectivity index (χ2n) is 3.18. The molecule has 1 unspecified atom stereocenters. The van der Waals surface area contributed by atoms with Crippen molar-refractivity contribution in [1.29, 1.82) is 0 Å². The average Bonchev–Trinajstić information content (AvgIpc) is 2.19. The second-order valence-corrected chi connectivity index (χ2v) is 3.56. The predicted octanol–water partition coefficient (Wildman–Crippen LogP) is 2.86. The molecule has 0 aromatic heterocycles. The number of benzene rings is 1. The van der Waals surface area contributed by atoms with Crippen LogP contribution in [0.1, 0.15) is 12.5 Å². The van der Waals surface area contributed by atoms with Gasteiger partial charge < -0.3 is 0 Å². The maximum absolute atomic E-state index is 11.2. The van der Waals surface area contributed by atoms with E-state index in [4.69, 9.17) is 11.6 Å². The first-order valence-electron chi connectivity index (χ1n) is 4.21. The van der Waals surface area contributed by atoms with E-state index in [2.05, 4.69) is 0 Å². The SMILES string of the molecule is CC1C(=O)C(Cl)=C1c1ccccc1. The van der Waals surface area contributed by atoms with Gasteiger partial charge in [0.15, 0.2) is 5.78 Å². The van der Waals surface area contributed by atoms with Gasteiger partial charge in [-0.05, 0) is 11.1 Å². The van der Waals surface area contributed by atoms with Gasteiger partial charge in [-0.15, -0.1) is 0 Å². The molecule has 0 saturated carbocycles. The van der Waals surface area contributed by atoms with Crippen LogP contribution in [0.3, 0.4) is 0 Å². The molecule has 2 heteroatoms. The third kappa shape index (κ3) is 1.20. The molecule has 1 aliphatic carbocycles. The number of carbonyl (C=O) groups is 1. The van der Waals surface area contributed by atoms with Crippen LogP contribution in [0.4, 0.5) is 0 Å². The summed E-state index contributed by atoms with van der Waals surface area (Å²) >= 11 is 5.82. The van der Waals surface area contributed by atoms with E-state index in [1.165, 1.54) is 0 Å². The molecule has 0 saturated heterocycles. The summed E-state index contributed by atoms with van der Waals surface area (Å²) in [4.78, 5) is 11.2. The zero-order valence-electron chi connectivity index (χ0n) is 7.25. The third-order valence-electron chi connectivity index (χ3n) is 2.36. The van der Waals surface area contributed by atoms with Crippen molar-refractivity contribution in [1.82, 2.24) is 0 Å². The van der Waals surface area contributed by atoms with Gasteiger partial charge in [0.25, 0.3) is 0 Å². The smallest absolute Gasteiger partial charge is 0.181 e. The van der Waals surface area contributed by atoms with Crippen molar-refractivity contribution in [2.24, 2.45) is 5.92 Å². The van der Waals surface area contributed by atoms with E-state index in [-0.39, 0.29) is 11.7 Å². The first-order valence-corrected chi connectivity index (χ1v) is 4.59. The lowest BCUT2D eigenvalue weighted by Gasteiger charge is -2.25. The molecule has 1 nitrogen and oxygen atoms in total. The van der Waals surface area contributed by atoms with Crippen LogP contribution in [0, 0.1) is 5.92 Å². The molecule has 2 rings (SSSR count). The van der Waals surface area contributed by atoms with Crippen molar-refractivity contribution in [3.05, 3.63) is 40.9 Å².